The maximum atomic E-state index is 12.3. The number of rotatable bonds is 4. The van der Waals surface area contributed by atoms with Gasteiger partial charge in [0.2, 0.25) is 0 Å². The van der Waals surface area contributed by atoms with Crippen molar-refractivity contribution in [2.45, 2.75) is 32.9 Å². The smallest absolute Gasteiger partial charge is 0.268 e. The minimum Gasteiger partial charge on any atom is -0.478 e. The van der Waals surface area contributed by atoms with Crippen molar-refractivity contribution in [3.63, 3.8) is 0 Å². The molecule has 0 saturated heterocycles. The van der Waals surface area contributed by atoms with E-state index in [4.69, 9.17) is 10.5 Å². The Bertz CT molecular complexity index is 511. The third-order valence-electron chi connectivity index (χ3n) is 3.16. The number of nitrogens with zero attached hydrogens (tertiary/aromatic N) is 1. The van der Waals surface area contributed by atoms with Crippen LogP contribution < -0.4 is 15.4 Å². The molecular weight excluding hydrogens is 240 g/mol. The Kier molecular flexibility index (Phi) is 3.90. The van der Waals surface area contributed by atoms with Crippen LogP contribution in [-0.4, -0.2) is 18.6 Å². The number of carbonyl (C=O) groups is 1. The Hall–Kier alpha value is -1.81. The SMILES string of the molecule is C=C(C)CN1C(=O)C(CC)Oc2cc(CN)ccc21. The van der Waals surface area contributed by atoms with Crippen molar-refractivity contribution in [2.24, 2.45) is 5.73 Å². The molecule has 1 atom stereocenters. The molecule has 19 heavy (non-hydrogen) atoms. The van der Waals surface area contributed by atoms with Crippen LogP contribution in [-0.2, 0) is 11.3 Å². The lowest BCUT2D eigenvalue weighted by molar-refractivity contribution is -0.126. The number of anilines is 1. The molecule has 0 saturated carbocycles. The van der Waals surface area contributed by atoms with Gasteiger partial charge in [0.1, 0.15) is 5.75 Å². The first kappa shape index (κ1) is 13.6. The normalized spacial score (nSPS) is 17.9. The summed E-state index contributed by atoms with van der Waals surface area (Å²) in [5.74, 6) is 0.731. The fourth-order valence-corrected chi connectivity index (χ4v) is 2.19. The molecular formula is C15H20N2O2. The Morgan fingerprint density at radius 1 is 1.53 bits per heavy atom. The molecule has 0 aromatic heterocycles. The third kappa shape index (κ3) is 2.63. The maximum absolute atomic E-state index is 12.3. The van der Waals surface area contributed by atoms with Gasteiger partial charge in [-0.05, 0) is 31.0 Å². The second kappa shape index (κ2) is 5.45. The average Bonchev–Trinajstić information content (AvgIpc) is 2.40. The van der Waals surface area contributed by atoms with Gasteiger partial charge in [-0.3, -0.25) is 4.79 Å². The van der Waals surface area contributed by atoms with Crippen LogP contribution in [0.1, 0.15) is 25.8 Å². The van der Waals surface area contributed by atoms with Crippen LogP contribution >= 0.6 is 0 Å². The summed E-state index contributed by atoms with van der Waals surface area (Å²) < 4.78 is 5.77. The molecule has 1 aromatic carbocycles. The van der Waals surface area contributed by atoms with Gasteiger partial charge in [-0.25, -0.2) is 0 Å². The van der Waals surface area contributed by atoms with Crippen molar-refractivity contribution in [3.8, 4) is 5.75 Å². The number of amides is 1. The van der Waals surface area contributed by atoms with E-state index >= 15 is 0 Å². The standard InChI is InChI=1S/C15H20N2O2/c1-4-13-15(18)17(9-10(2)3)12-6-5-11(8-16)7-14(12)19-13/h5-7,13H,2,4,8-9,16H2,1,3H3. The molecule has 1 heterocycles. The topological polar surface area (TPSA) is 55.6 Å². The van der Waals surface area contributed by atoms with Crippen molar-refractivity contribution in [1.82, 2.24) is 0 Å². The molecule has 2 N–H and O–H groups in total. The van der Waals surface area contributed by atoms with Crippen LogP contribution in [0.25, 0.3) is 0 Å². The summed E-state index contributed by atoms with van der Waals surface area (Å²) in [4.78, 5) is 14.1. The molecule has 1 unspecified atom stereocenters. The summed E-state index contributed by atoms with van der Waals surface area (Å²) in [7, 11) is 0. The summed E-state index contributed by atoms with van der Waals surface area (Å²) in [5, 5.41) is 0. The van der Waals surface area contributed by atoms with E-state index in [0.29, 0.717) is 19.5 Å². The van der Waals surface area contributed by atoms with E-state index in [2.05, 4.69) is 6.58 Å². The lowest BCUT2D eigenvalue weighted by Crippen LogP contribution is -2.46. The number of hydrogen-bond acceptors (Lipinski definition) is 3. The van der Waals surface area contributed by atoms with Gasteiger partial charge in [-0.1, -0.05) is 25.1 Å². The van der Waals surface area contributed by atoms with Gasteiger partial charge in [0.15, 0.2) is 6.10 Å². The van der Waals surface area contributed by atoms with Crippen LogP contribution in [0.4, 0.5) is 5.69 Å². The number of benzene rings is 1. The van der Waals surface area contributed by atoms with Crippen LogP contribution in [0.5, 0.6) is 5.75 Å². The number of carbonyl (C=O) groups excluding carboxylic acids is 1. The molecule has 4 nitrogen and oxygen atoms in total. The minimum absolute atomic E-state index is 0.00139. The van der Waals surface area contributed by atoms with Crippen LogP contribution in [0.15, 0.2) is 30.4 Å². The molecule has 4 heteroatoms. The van der Waals surface area contributed by atoms with E-state index in [-0.39, 0.29) is 5.91 Å². The largest absolute Gasteiger partial charge is 0.478 e. The number of hydrogen-bond donors (Lipinski definition) is 1. The van der Waals surface area contributed by atoms with E-state index < -0.39 is 6.10 Å². The van der Waals surface area contributed by atoms with E-state index in [1.165, 1.54) is 0 Å². The Morgan fingerprint density at radius 2 is 2.26 bits per heavy atom. The fraction of sp³-hybridized carbons (Fsp3) is 0.400. The van der Waals surface area contributed by atoms with Gasteiger partial charge >= 0.3 is 0 Å². The van der Waals surface area contributed by atoms with Crippen LogP contribution in [0, 0.1) is 0 Å². The second-order valence-electron chi connectivity index (χ2n) is 4.90. The highest BCUT2D eigenvalue weighted by atomic mass is 16.5. The Balaban J connectivity index is 2.43. The highest BCUT2D eigenvalue weighted by Crippen LogP contribution is 2.35. The number of fused-ring (bicyclic) bond motifs is 1. The minimum atomic E-state index is -0.417. The number of nitrogens with two attached hydrogens (primary N) is 1. The summed E-state index contributed by atoms with van der Waals surface area (Å²) in [6.07, 6.45) is 0.234. The lowest BCUT2D eigenvalue weighted by atomic mass is 10.1. The molecule has 0 bridgehead atoms. The molecule has 0 aliphatic carbocycles. The van der Waals surface area contributed by atoms with Crippen molar-refractivity contribution in [2.75, 3.05) is 11.4 Å². The van der Waals surface area contributed by atoms with Gasteiger partial charge in [-0.2, -0.15) is 0 Å². The average molecular weight is 260 g/mol. The first-order valence-electron chi connectivity index (χ1n) is 6.52. The van der Waals surface area contributed by atoms with Gasteiger partial charge < -0.3 is 15.4 Å². The van der Waals surface area contributed by atoms with Gasteiger partial charge in [0.05, 0.1) is 5.69 Å². The zero-order valence-electron chi connectivity index (χ0n) is 11.5. The summed E-state index contributed by atoms with van der Waals surface area (Å²) in [6.45, 7) is 8.73. The van der Waals surface area contributed by atoms with Crippen molar-refractivity contribution in [1.29, 1.82) is 0 Å². The van der Waals surface area contributed by atoms with Gasteiger partial charge in [-0.15, -0.1) is 0 Å². The molecule has 1 aliphatic heterocycles. The maximum Gasteiger partial charge on any atom is 0.268 e. The Labute approximate surface area is 113 Å². The zero-order chi connectivity index (χ0) is 14.0. The quantitative estimate of drug-likeness (QED) is 0.845. The first-order chi connectivity index (χ1) is 9.06. The molecule has 0 fully saturated rings. The van der Waals surface area contributed by atoms with Gasteiger partial charge in [0, 0.05) is 13.1 Å². The molecule has 0 spiro atoms. The zero-order valence-corrected chi connectivity index (χ0v) is 11.5. The van der Waals surface area contributed by atoms with Crippen LogP contribution in [0.3, 0.4) is 0 Å². The van der Waals surface area contributed by atoms with E-state index in [1.54, 1.807) is 4.90 Å². The molecule has 1 aliphatic rings. The predicted molar refractivity (Wildman–Crippen MR) is 76.2 cm³/mol. The molecule has 1 amide bonds. The number of ether oxygens (including phenoxy) is 1. The predicted octanol–water partition coefficient (Wildman–Crippen LogP) is 2.23. The third-order valence-corrected chi connectivity index (χ3v) is 3.16. The van der Waals surface area contributed by atoms with Crippen molar-refractivity contribution in [3.05, 3.63) is 35.9 Å². The molecule has 0 radical (unpaired) electrons. The van der Waals surface area contributed by atoms with E-state index in [1.807, 2.05) is 32.0 Å². The van der Waals surface area contributed by atoms with E-state index in [9.17, 15) is 4.79 Å². The van der Waals surface area contributed by atoms with Gasteiger partial charge in [0.25, 0.3) is 5.91 Å². The summed E-state index contributed by atoms with van der Waals surface area (Å²) >= 11 is 0. The Morgan fingerprint density at radius 3 is 2.84 bits per heavy atom. The van der Waals surface area contributed by atoms with E-state index in [0.717, 1.165) is 22.6 Å². The van der Waals surface area contributed by atoms with Crippen LogP contribution in [0.2, 0.25) is 0 Å². The summed E-state index contributed by atoms with van der Waals surface area (Å²) in [6, 6.07) is 5.73. The molecule has 102 valence electrons. The highest BCUT2D eigenvalue weighted by molar-refractivity contribution is 6.00. The fourth-order valence-electron chi connectivity index (χ4n) is 2.19. The summed E-state index contributed by atoms with van der Waals surface area (Å²) in [5.41, 5.74) is 8.39. The first-order valence-corrected chi connectivity index (χ1v) is 6.52. The second-order valence-corrected chi connectivity index (χ2v) is 4.90. The lowest BCUT2D eigenvalue weighted by Gasteiger charge is -2.34. The molecule has 1 aromatic rings. The molecule has 2 rings (SSSR count). The highest BCUT2D eigenvalue weighted by Gasteiger charge is 2.33. The monoisotopic (exact) mass is 260 g/mol. The van der Waals surface area contributed by atoms with Crippen molar-refractivity contribution < 1.29 is 9.53 Å². The van der Waals surface area contributed by atoms with Crippen molar-refractivity contribution >= 4 is 11.6 Å².